The standard InChI is InChI=1S/C22H23ClN2O2/c1-27-12-11-24-14-18-9-10-25(15-17-6-4-8-20(24)22(17)18)21(26)13-16-5-2-3-7-19(16)23/h2-8,14H,9-13,15H2,1H3. The fourth-order valence-electron chi connectivity index (χ4n) is 3.88. The van der Waals surface area contributed by atoms with Gasteiger partial charge in [-0.2, -0.15) is 0 Å². The van der Waals surface area contributed by atoms with Gasteiger partial charge in [0.15, 0.2) is 0 Å². The number of ether oxygens (including phenoxy) is 1. The summed E-state index contributed by atoms with van der Waals surface area (Å²) in [6.45, 7) is 2.89. The number of nitrogens with zero attached hydrogens (tertiary/aromatic N) is 2. The Morgan fingerprint density at radius 2 is 2.00 bits per heavy atom. The topological polar surface area (TPSA) is 34.5 Å². The summed E-state index contributed by atoms with van der Waals surface area (Å²) >= 11 is 6.24. The minimum atomic E-state index is 0.123. The zero-order chi connectivity index (χ0) is 18.8. The third-order valence-corrected chi connectivity index (χ3v) is 5.64. The van der Waals surface area contributed by atoms with Gasteiger partial charge in [-0.3, -0.25) is 4.79 Å². The maximum atomic E-state index is 12.9. The number of hydrogen-bond acceptors (Lipinski definition) is 2. The van der Waals surface area contributed by atoms with Crippen LogP contribution in [-0.2, 0) is 35.5 Å². The Kier molecular flexibility index (Phi) is 5.19. The molecule has 1 amide bonds. The molecule has 0 saturated carbocycles. The van der Waals surface area contributed by atoms with Crippen molar-refractivity contribution < 1.29 is 9.53 Å². The van der Waals surface area contributed by atoms with Crippen LogP contribution >= 0.6 is 11.6 Å². The molecule has 27 heavy (non-hydrogen) atoms. The van der Waals surface area contributed by atoms with Crippen LogP contribution in [0.4, 0.5) is 0 Å². The Hall–Kier alpha value is -2.30. The van der Waals surface area contributed by atoms with Crippen LogP contribution in [0.1, 0.15) is 16.7 Å². The van der Waals surface area contributed by atoms with E-state index in [4.69, 9.17) is 16.3 Å². The first kappa shape index (κ1) is 18.1. The summed E-state index contributed by atoms with van der Waals surface area (Å²) in [6, 6.07) is 13.9. The van der Waals surface area contributed by atoms with Gasteiger partial charge in [-0.15, -0.1) is 0 Å². The van der Waals surface area contributed by atoms with E-state index >= 15 is 0 Å². The highest BCUT2D eigenvalue weighted by atomic mass is 35.5. The molecule has 0 bridgehead atoms. The van der Waals surface area contributed by atoms with Crippen molar-refractivity contribution in [3.8, 4) is 0 Å². The highest BCUT2D eigenvalue weighted by Gasteiger charge is 2.22. The second kappa shape index (κ2) is 7.75. The zero-order valence-corrected chi connectivity index (χ0v) is 16.2. The lowest BCUT2D eigenvalue weighted by Crippen LogP contribution is -2.32. The van der Waals surface area contributed by atoms with Crippen molar-refractivity contribution in [1.29, 1.82) is 0 Å². The van der Waals surface area contributed by atoms with Gasteiger partial charge in [-0.05, 0) is 35.2 Å². The average Bonchev–Trinajstić information content (AvgIpc) is 2.92. The van der Waals surface area contributed by atoms with E-state index in [-0.39, 0.29) is 5.91 Å². The van der Waals surface area contributed by atoms with Gasteiger partial charge in [0, 0.05) is 48.9 Å². The van der Waals surface area contributed by atoms with Crippen molar-refractivity contribution in [2.75, 3.05) is 20.3 Å². The van der Waals surface area contributed by atoms with Crippen molar-refractivity contribution >= 4 is 28.4 Å². The number of carbonyl (C=O) groups excluding carboxylic acids is 1. The molecule has 4 nitrogen and oxygen atoms in total. The minimum absolute atomic E-state index is 0.123. The molecule has 5 heteroatoms. The lowest BCUT2D eigenvalue weighted by atomic mass is 10.1. The Labute approximate surface area is 164 Å². The maximum Gasteiger partial charge on any atom is 0.227 e. The number of rotatable bonds is 5. The van der Waals surface area contributed by atoms with E-state index in [1.165, 1.54) is 22.0 Å². The van der Waals surface area contributed by atoms with Crippen LogP contribution in [0.15, 0.2) is 48.7 Å². The van der Waals surface area contributed by atoms with E-state index in [2.05, 4.69) is 29.0 Å². The fourth-order valence-corrected chi connectivity index (χ4v) is 4.09. The number of aromatic nitrogens is 1. The van der Waals surface area contributed by atoms with Crippen molar-refractivity contribution in [2.45, 2.75) is 25.9 Å². The van der Waals surface area contributed by atoms with E-state index < -0.39 is 0 Å². The van der Waals surface area contributed by atoms with E-state index in [0.717, 1.165) is 25.1 Å². The third kappa shape index (κ3) is 3.60. The molecule has 4 rings (SSSR count). The lowest BCUT2D eigenvalue weighted by Gasteiger charge is -2.21. The first-order chi connectivity index (χ1) is 13.2. The van der Waals surface area contributed by atoms with Crippen LogP contribution in [0.2, 0.25) is 5.02 Å². The third-order valence-electron chi connectivity index (χ3n) is 5.27. The zero-order valence-electron chi connectivity index (χ0n) is 15.5. The van der Waals surface area contributed by atoms with E-state index in [0.29, 0.717) is 24.6 Å². The molecule has 0 radical (unpaired) electrons. The predicted molar refractivity (Wildman–Crippen MR) is 108 cm³/mol. The molecule has 1 aliphatic heterocycles. The Balaban J connectivity index is 1.59. The molecule has 0 unspecified atom stereocenters. The number of methoxy groups -OCH3 is 1. The smallest absolute Gasteiger partial charge is 0.227 e. The molecule has 0 atom stereocenters. The number of hydrogen-bond donors (Lipinski definition) is 0. The summed E-state index contributed by atoms with van der Waals surface area (Å²) in [5.41, 5.74) is 4.63. The summed E-state index contributed by atoms with van der Waals surface area (Å²) in [7, 11) is 1.73. The first-order valence-electron chi connectivity index (χ1n) is 9.27. The van der Waals surface area contributed by atoms with Crippen molar-refractivity contribution in [3.63, 3.8) is 0 Å². The van der Waals surface area contributed by atoms with Gasteiger partial charge >= 0.3 is 0 Å². The Bertz CT molecular complexity index is 980. The lowest BCUT2D eigenvalue weighted by molar-refractivity contribution is -0.131. The monoisotopic (exact) mass is 382 g/mol. The molecule has 0 N–H and O–H groups in total. The van der Waals surface area contributed by atoms with Gasteiger partial charge in [0.2, 0.25) is 5.91 Å². The number of benzene rings is 2. The summed E-state index contributed by atoms with van der Waals surface area (Å²) in [5, 5.41) is 1.94. The van der Waals surface area contributed by atoms with Gasteiger partial charge in [0.25, 0.3) is 0 Å². The van der Waals surface area contributed by atoms with Crippen LogP contribution in [0.3, 0.4) is 0 Å². The molecule has 0 fully saturated rings. The van der Waals surface area contributed by atoms with Gasteiger partial charge in [-0.25, -0.2) is 0 Å². The van der Waals surface area contributed by atoms with Crippen molar-refractivity contribution in [2.24, 2.45) is 0 Å². The van der Waals surface area contributed by atoms with Crippen LogP contribution in [0.25, 0.3) is 10.9 Å². The van der Waals surface area contributed by atoms with Crippen LogP contribution < -0.4 is 0 Å². The average molecular weight is 383 g/mol. The van der Waals surface area contributed by atoms with Gasteiger partial charge in [0.05, 0.1) is 13.0 Å². The van der Waals surface area contributed by atoms with E-state index in [9.17, 15) is 4.79 Å². The number of amides is 1. The second-order valence-electron chi connectivity index (χ2n) is 6.99. The fraction of sp³-hybridized carbons (Fsp3) is 0.318. The molecular weight excluding hydrogens is 360 g/mol. The summed E-state index contributed by atoms with van der Waals surface area (Å²) in [5.74, 6) is 0.123. The normalized spacial score (nSPS) is 13.8. The van der Waals surface area contributed by atoms with Gasteiger partial charge in [0.1, 0.15) is 0 Å². The molecule has 0 spiro atoms. The molecule has 0 saturated heterocycles. The maximum absolute atomic E-state index is 12.9. The van der Waals surface area contributed by atoms with Gasteiger partial charge in [-0.1, -0.05) is 41.9 Å². The molecule has 1 aliphatic rings. The summed E-state index contributed by atoms with van der Waals surface area (Å²) in [4.78, 5) is 14.9. The molecule has 140 valence electrons. The van der Waals surface area contributed by atoms with Crippen molar-refractivity contribution in [1.82, 2.24) is 9.47 Å². The molecule has 1 aromatic heterocycles. The van der Waals surface area contributed by atoms with E-state index in [1.807, 2.05) is 29.2 Å². The Morgan fingerprint density at radius 3 is 2.81 bits per heavy atom. The summed E-state index contributed by atoms with van der Waals surface area (Å²) in [6.07, 6.45) is 3.42. The minimum Gasteiger partial charge on any atom is -0.383 e. The number of carbonyl (C=O) groups is 1. The molecule has 0 aliphatic carbocycles. The summed E-state index contributed by atoms with van der Waals surface area (Å²) < 4.78 is 7.50. The number of halogens is 1. The predicted octanol–water partition coefficient (Wildman–Crippen LogP) is 4.07. The van der Waals surface area contributed by atoms with Gasteiger partial charge < -0.3 is 14.2 Å². The highest BCUT2D eigenvalue weighted by molar-refractivity contribution is 6.31. The van der Waals surface area contributed by atoms with Crippen LogP contribution in [0, 0.1) is 0 Å². The van der Waals surface area contributed by atoms with Crippen LogP contribution in [-0.4, -0.2) is 35.6 Å². The largest absolute Gasteiger partial charge is 0.383 e. The molecular formula is C22H23ClN2O2. The molecule has 2 heterocycles. The SMILES string of the molecule is COCCn1cc2c3c(cccc31)CN(C(=O)Cc1ccccc1Cl)CC2. The second-order valence-corrected chi connectivity index (χ2v) is 7.39. The molecule has 2 aromatic carbocycles. The Morgan fingerprint density at radius 1 is 1.15 bits per heavy atom. The van der Waals surface area contributed by atoms with Crippen LogP contribution in [0.5, 0.6) is 0 Å². The highest BCUT2D eigenvalue weighted by Crippen LogP contribution is 2.30. The first-order valence-corrected chi connectivity index (χ1v) is 9.65. The quantitative estimate of drug-likeness (QED) is 0.666. The van der Waals surface area contributed by atoms with E-state index in [1.54, 1.807) is 7.11 Å². The van der Waals surface area contributed by atoms with Crippen molar-refractivity contribution in [3.05, 3.63) is 70.4 Å². The molecule has 3 aromatic rings.